The van der Waals surface area contributed by atoms with Gasteiger partial charge < -0.3 is 20.9 Å². The van der Waals surface area contributed by atoms with Crippen LogP contribution in [0.3, 0.4) is 0 Å². The van der Waals surface area contributed by atoms with E-state index in [-0.39, 0.29) is 42.5 Å². The first-order valence-electron chi connectivity index (χ1n) is 10.1. The molecule has 2 atom stereocenters. The molecular formula is C21H34Cl2N4O2. The van der Waals surface area contributed by atoms with Crippen LogP contribution in [-0.4, -0.2) is 55.0 Å². The van der Waals surface area contributed by atoms with Gasteiger partial charge in [-0.3, -0.25) is 9.59 Å². The summed E-state index contributed by atoms with van der Waals surface area (Å²) in [6.45, 7) is 5.50. The number of carbonyl (C=O) groups excluding carboxylic acids is 2. The smallest absolute Gasteiger partial charge is 0.224 e. The highest BCUT2D eigenvalue weighted by Crippen LogP contribution is 2.31. The fraction of sp³-hybridized carbons (Fsp3) is 0.619. The van der Waals surface area contributed by atoms with Gasteiger partial charge in [-0.2, -0.15) is 0 Å². The van der Waals surface area contributed by atoms with Gasteiger partial charge in [0.15, 0.2) is 0 Å². The number of carbonyl (C=O) groups is 2. The maximum absolute atomic E-state index is 12.5. The molecule has 3 N–H and O–H groups in total. The van der Waals surface area contributed by atoms with Crippen LogP contribution in [0.2, 0.25) is 0 Å². The molecule has 29 heavy (non-hydrogen) atoms. The van der Waals surface area contributed by atoms with E-state index in [9.17, 15) is 9.59 Å². The van der Waals surface area contributed by atoms with Crippen molar-refractivity contribution in [3.8, 4) is 0 Å². The van der Waals surface area contributed by atoms with Crippen molar-refractivity contribution >= 4 is 42.3 Å². The Bertz CT molecular complexity index is 649. The Kier molecular flexibility index (Phi) is 10.2. The second-order valence-corrected chi connectivity index (χ2v) is 8.05. The molecule has 1 aromatic rings. The second kappa shape index (κ2) is 11.6. The topological polar surface area (TPSA) is 78.7 Å². The first kappa shape index (κ1) is 25.5. The predicted molar refractivity (Wildman–Crippen MR) is 122 cm³/mol. The predicted octanol–water partition coefficient (Wildman–Crippen LogP) is 2.59. The van der Waals surface area contributed by atoms with Gasteiger partial charge in [0.1, 0.15) is 0 Å². The summed E-state index contributed by atoms with van der Waals surface area (Å²) >= 11 is 0. The van der Waals surface area contributed by atoms with Crippen molar-refractivity contribution in [2.75, 3.05) is 37.6 Å². The number of para-hydroxylation sites is 1. The summed E-state index contributed by atoms with van der Waals surface area (Å²) in [5.74, 6) is -0.0284. The monoisotopic (exact) mass is 444 g/mol. The molecule has 1 heterocycles. The minimum Gasteiger partial charge on any atom is -0.368 e. The molecule has 0 bridgehead atoms. The standard InChI is InChI=1S/C21H32N4O2.2ClH/c1-21(22)11-6-5-9-18(21)20(27)23-12-10-19(26)25-15-13-24(14-16-25)17-7-3-2-4-8-17;;/h2-4,7-8,18H,5-6,9-16,22H2,1H3,(H,23,27);2*1H. The van der Waals surface area contributed by atoms with E-state index in [0.29, 0.717) is 13.0 Å². The van der Waals surface area contributed by atoms with Gasteiger partial charge in [-0.05, 0) is 31.9 Å². The van der Waals surface area contributed by atoms with E-state index >= 15 is 0 Å². The van der Waals surface area contributed by atoms with Crippen LogP contribution in [-0.2, 0) is 9.59 Å². The molecule has 1 aromatic carbocycles. The zero-order valence-electron chi connectivity index (χ0n) is 17.1. The third-order valence-corrected chi connectivity index (χ3v) is 5.96. The third kappa shape index (κ3) is 6.76. The summed E-state index contributed by atoms with van der Waals surface area (Å²) in [5.41, 5.74) is 7.06. The number of halogens is 2. The molecule has 3 rings (SSSR count). The van der Waals surface area contributed by atoms with E-state index in [1.165, 1.54) is 5.69 Å². The number of hydrogen-bond acceptors (Lipinski definition) is 4. The minimum absolute atomic E-state index is 0. The van der Waals surface area contributed by atoms with Crippen molar-refractivity contribution in [1.29, 1.82) is 0 Å². The highest BCUT2D eigenvalue weighted by Gasteiger charge is 2.37. The molecule has 1 aliphatic heterocycles. The molecule has 0 radical (unpaired) electrons. The number of rotatable bonds is 5. The molecule has 2 unspecified atom stereocenters. The lowest BCUT2D eigenvalue weighted by atomic mass is 9.74. The van der Waals surface area contributed by atoms with E-state index in [2.05, 4.69) is 22.3 Å². The summed E-state index contributed by atoms with van der Waals surface area (Å²) in [7, 11) is 0. The maximum atomic E-state index is 12.5. The van der Waals surface area contributed by atoms with Crippen LogP contribution in [0, 0.1) is 5.92 Å². The van der Waals surface area contributed by atoms with E-state index < -0.39 is 5.54 Å². The van der Waals surface area contributed by atoms with Gasteiger partial charge in [0.2, 0.25) is 11.8 Å². The summed E-state index contributed by atoms with van der Waals surface area (Å²) in [6, 6.07) is 10.3. The van der Waals surface area contributed by atoms with E-state index in [0.717, 1.165) is 51.9 Å². The zero-order chi connectivity index (χ0) is 19.3. The summed E-state index contributed by atoms with van der Waals surface area (Å²) in [4.78, 5) is 29.1. The summed E-state index contributed by atoms with van der Waals surface area (Å²) in [5, 5.41) is 2.94. The first-order valence-corrected chi connectivity index (χ1v) is 10.1. The van der Waals surface area contributed by atoms with Crippen molar-refractivity contribution in [2.45, 2.75) is 44.6 Å². The Balaban J connectivity index is 0.00000210. The molecule has 2 fully saturated rings. The number of benzene rings is 1. The second-order valence-electron chi connectivity index (χ2n) is 8.05. The van der Waals surface area contributed by atoms with Crippen LogP contribution in [0.4, 0.5) is 5.69 Å². The van der Waals surface area contributed by atoms with Crippen LogP contribution in [0.25, 0.3) is 0 Å². The largest absolute Gasteiger partial charge is 0.368 e. The van der Waals surface area contributed by atoms with Crippen LogP contribution < -0.4 is 16.0 Å². The fourth-order valence-corrected chi connectivity index (χ4v) is 4.22. The molecule has 1 saturated carbocycles. The summed E-state index contributed by atoms with van der Waals surface area (Å²) in [6.07, 6.45) is 4.22. The number of amides is 2. The van der Waals surface area contributed by atoms with Gasteiger partial charge in [-0.1, -0.05) is 31.0 Å². The van der Waals surface area contributed by atoms with Crippen LogP contribution in [0.5, 0.6) is 0 Å². The number of piperazine rings is 1. The minimum atomic E-state index is -0.430. The average Bonchev–Trinajstić information content (AvgIpc) is 2.68. The Morgan fingerprint density at radius 2 is 1.76 bits per heavy atom. The molecule has 8 heteroatoms. The molecule has 0 aromatic heterocycles. The van der Waals surface area contributed by atoms with E-state index in [1.807, 2.05) is 30.0 Å². The number of hydrogen-bond donors (Lipinski definition) is 2. The number of nitrogens with one attached hydrogen (secondary N) is 1. The fourth-order valence-electron chi connectivity index (χ4n) is 4.22. The Hall–Kier alpha value is -1.50. The lowest BCUT2D eigenvalue weighted by Crippen LogP contribution is -2.53. The van der Waals surface area contributed by atoms with Crippen LogP contribution in [0.1, 0.15) is 39.0 Å². The number of anilines is 1. The van der Waals surface area contributed by atoms with Crippen molar-refractivity contribution in [3.05, 3.63) is 30.3 Å². The van der Waals surface area contributed by atoms with Gasteiger partial charge >= 0.3 is 0 Å². The molecule has 1 aliphatic carbocycles. The van der Waals surface area contributed by atoms with Crippen LogP contribution in [0.15, 0.2) is 30.3 Å². The van der Waals surface area contributed by atoms with Gasteiger partial charge in [-0.15, -0.1) is 24.8 Å². The zero-order valence-corrected chi connectivity index (χ0v) is 18.8. The molecule has 2 amide bonds. The quantitative estimate of drug-likeness (QED) is 0.731. The van der Waals surface area contributed by atoms with Crippen molar-refractivity contribution < 1.29 is 9.59 Å². The van der Waals surface area contributed by atoms with E-state index in [1.54, 1.807) is 0 Å². The van der Waals surface area contributed by atoms with Crippen LogP contribution >= 0.6 is 24.8 Å². The Labute approximate surface area is 186 Å². The molecule has 6 nitrogen and oxygen atoms in total. The third-order valence-electron chi connectivity index (χ3n) is 5.96. The summed E-state index contributed by atoms with van der Waals surface area (Å²) < 4.78 is 0. The van der Waals surface area contributed by atoms with Gasteiger partial charge in [0.05, 0.1) is 5.92 Å². The number of nitrogens with zero attached hydrogens (tertiary/aromatic N) is 2. The van der Waals surface area contributed by atoms with Gasteiger partial charge in [0, 0.05) is 50.4 Å². The number of nitrogens with two attached hydrogens (primary N) is 1. The maximum Gasteiger partial charge on any atom is 0.224 e. The normalized spacial score (nSPS) is 24.1. The Morgan fingerprint density at radius 1 is 1.10 bits per heavy atom. The molecule has 164 valence electrons. The molecule has 1 saturated heterocycles. The highest BCUT2D eigenvalue weighted by molar-refractivity contribution is 5.85. The first-order chi connectivity index (χ1) is 13.0. The molecular weight excluding hydrogens is 411 g/mol. The lowest BCUT2D eigenvalue weighted by Gasteiger charge is -2.37. The van der Waals surface area contributed by atoms with Gasteiger partial charge in [0.25, 0.3) is 0 Å². The molecule has 2 aliphatic rings. The van der Waals surface area contributed by atoms with Crippen molar-refractivity contribution in [3.63, 3.8) is 0 Å². The van der Waals surface area contributed by atoms with Crippen molar-refractivity contribution in [1.82, 2.24) is 10.2 Å². The Morgan fingerprint density at radius 3 is 2.38 bits per heavy atom. The van der Waals surface area contributed by atoms with Gasteiger partial charge in [-0.25, -0.2) is 0 Å². The highest BCUT2D eigenvalue weighted by atomic mass is 35.5. The molecule has 0 spiro atoms. The van der Waals surface area contributed by atoms with E-state index in [4.69, 9.17) is 5.73 Å². The van der Waals surface area contributed by atoms with Crippen molar-refractivity contribution in [2.24, 2.45) is 11.7 Å². The average molecular weight is 445 g/mol. The SMILES string of the molecule is CC1(N)CCCCC1C(=O)NCCC(=O)N1CCN(c2ccccc2)CC1.Cl.Cl. The lowest BCUT2D eigenvalue weighted by molar-refractivity contribution is -0.131.